The highest BCUT2D eigenvalue weighted by atomic mass is 35.5. The fourth-order valence-corrected chi connectivity index (χ4v) is 4.54. The topological polar surface area (TPSA) is 63.9 Å². The normalized spacial score (nSPS) is 16.1. The summed E-state index contributed by atoms with van der Waals surface area (Å²) in [4.78, 5) is 24.6. The molecule has 166 valence electrons. The molecule has 4 aromatic rings. The molecule has 7 heteroatoms. The molecule has 1 aromatic carbocycles. The molecule has 4 heterocycles. The smallest absolute Gasteiger partial charge is 0.254 e. The molecule has 1 atom stereocenters. The Morgan fingerprint density at radius 3 is 2.76 bits per heavy atom. The van der Waals surface area contributed by atoms with Crippen LogP contribution in [0.5, 0.6) is 0 Å². The quantitative estimate of drug-likeness (QED) is 0.421. The zero-order valence-corrected chi connectivity index (χ0v) is 19.1. The maximum Gasteiger partial charge on any atom is 0.254 e. The van der Waals surface area contributed by atoms with E-state index in [9.17, 15) is 4.79 Å². The Kier molecular flexibility index (Phi) is 5.92. The van der Waals surface area contributed by atoms with Crippen molar-refractivity contribution in [1.29, 1.82) is 0 Å². The first-order valence-electron chi connectivity index (χ1n) is 11.0. The number of hydrogen-bond donors (Lipinski definition) is 0. The van der Waals surface area contributed by atoms with E-state index in [1.54, 1.807) is 23.1 Å². The zero-order valence-electron chi connectivity index (χ0n) is 18.4. The zero-order chi connectivity index (χ0) is 22.8. The van der Waals surface area contributed by atoms with Crippen molar-refractivity contribution in [3.8, 4) is 22.5 Å². The van der Waals surface area contributed by atoms with Gasteiger partial charge in [0.25, 0.3) is 5.91 Å². The van der Waals surface area contributed by atoms with E-state index in [1.807, 2.05) is 60.6 Å². The van der Waals surface area contributed by atoms with Crippen molar-refractivity contribution in [1.82, 2.24) is 24.6 Å². The van der Waals surface area contributed by atoms with Gasteiger partial charge in [-0.15, -0.1) is 0 Å². The van der Waals surface area contributed by atoms with E-state index >= 15 is 0 Å². The summed E-state index contributed by atoms with van der Waals surface area (Å²) in [6, 6.07) is 17.4. The minimum absolute atomic E-state index is 0.0261. The molecule has 0 bridgehead atoms. The van der Waals surface area contributed by atoms with Gasteiger partial charge in [0, 0.05) is 65.9 Å². The molecule has 0 radical (unpaired) electrons. The maximum atomic E-state index is 13.3. The Bertz CT molecular complexity index is 1300. The van der Waals surface area contributed by atoms with Crippen molar-refractivity contribution in [2.75, 3.05) is 13.1 Å². The van der Waals surface area contributed by atoms with Gasteiger partial charge in [0.05, 0.1) is 17.6 Å². The lowest BCUT2D eigenvalue weighted by atomic mass is 9.93. The largest absolute Gasteiger partial charge is 0.338 e. The monoisotopic (exact) mass is 457 g/mol. The number of carbonyl (C=O) groups is 1. The average molecular weight is 458 g/mol. The SMILES string of the molecule is Cn1cc(-c2cc(C(=O)N3CCCC(c4cccc(-c5cccc(Cl)c5)n4)C3)ccn2)cn1. The molecule has 5 rings (SSSR count). The minimum Gasteiger partial charge on any atom is -0.338 e. The van der Waals surface area contributed by atoms with Gasteiger partial charge in [-0.3, -0.25) is 19.4 Å². The molecule has 1 aliphatic heterocycles. The van der Waals surface area contributed by atoms with Crippen molar-refractivity contribution in [2.45, 2.75) is 18.8 Å². The average Bonchev–Trinajstić information content (AvgIpc) is 3.30. The van der Waals surface area contributed by atoms with E-state index in [0.29, 0.717) is 17.1 Å². The molecule has 1 aliphatic rings. The summed E-state index contributed by atoms with van der Waals surface area (Å²) in [5.74, 6) is 0.222. The summed E-state index contributed by atoms with van der Waals surface area (Å²) in [7, 11) is 1.86. The van der Waals surface area contributed by atoms with Crippen LogP contribution < -0.4 is 0 Å². The molecule has 1 unspecified atom stereocenters. The molecular weight excluding hydrogens is 434 g/mol. The summed E-state index contributed by atoms with van der Waals surface area (Å²) in [5.41, 5.74) is 5.19. The first kappa shape index (κ1) is 21.3. The second kappa shape index (κ2) is 9.16. The Labute approximate surface area is 197 Å². The Hall–Kier alpha value is -3.51. The van der Waals surface area contributed by atoms with Crippen LogP contribution in [0, 0.1) is 0 Å². The van der Waals surface area contributed by atoms with Crippen molar-refractivity contribution in [2.24, 2.45) is 7.05 Å². The lowest BCUT2D eigenvalue weighted by Crippen LogP contribution is -2.39. The van der Waals surface area contributed by atoms with Crippen LogP contribution in [0.3, 0.4) is 0 Å². The van der Waals surface area contributed by atoms with Gasteiger partial charge in [0.2, 0.25) is 0 Å². The van der Waals surface area contributed by atoms with Gasteiger partial charge in [0.15, 0.2) is 0 Å². The van der Waals surface area contributed by atoms with E-state index in [4.69, 9.17) is 16.6 Å². The van der Waals surface area contributed by atoms with Crippen molar-refractivity contribution in [3.05, 3.63) is 89.5 Å². The predicted octanol–water partition coefficient (Wildman–Crippen LogP) is 5.22. The van der Waals surface area contributed by atoms with Crippen LogP contribution in [0.1, 0.15) is 34.8 Å². The Balaban J connectivity index is 1.35. The van der Waals surface area contributed by atoms with Crippen LogP contribution in [-0.4, -0.2) is 43.6 Å². The van der Waals surface area contributed by atoms with Crippen LogP contribution in [0.25, 0.3) is 22.5 Å². The van der Waals surface area contributed by atoms with Crippen LogP contribution in [-0.2, 0) is 7.05 Å². The van der Waals surface area contributed by atoms with Gasteiger partial charge in [-0.2, -0.15) is 5.10 Å². The molecule has 6 nitrogen and oxygen atoms in total. The number of amides is 1. The molecule has 1 fully saturated rings. The lowest BCUT2D eigenvalue weighted by molar-refractivity contribution is 0.0706. The van der Waals surface area contributed by atoms with E-state index < -0.39 is 0 Å². The molecule has 33 heavy (non-hydrogen) atoms. The molecule has 3 aromatic heterocycles. The summed E-state index contributed by atoms with van der Waals surface area (Å²) in [6.07, 6.45) is 7.29. The molecule has 0 spiro atoms. The van der Waals surface area contributed by atoms with Gasteiger partial charge in [-0.05, 0) is 49.2 Å². The number of likely N-dealkylation sites (tertiary alicyclic amines) is 1. The first-order valence-corrected chi connectivity index (χ1v) is 11.4. The van der Waals surface area contributed by atoms with Crippen molar-refractivity contribution >= 4 is 17.5 Å². The third kappa shape index (κ3) is 4.66. The third-order valence-corrected chi connectivity index (χ3v) is 6.26. The molecule has 1 amide bonds. The van der Waals surface area contributed by atoms with E-state index in [0.717, 1.165) is 47.6 Å². The van der Waals surface area contributed by atoms with Crippen molar-refractivity contribution < 1.29 is 4.79 Å². The standard InChI is InChI=1S/C26H24ClN5O/c1-31-16-21(15-29-31)25-14-19(10-11-28-25)26(33)32-12-4-6-20(17-32)24-9-3-8-23(30-24)18-5-2-7-22(27)13-18/h2-3,5,7-11,13-16,20H,4,6,12,17H2,1H3. The van der Waals surface area contributed by atoms with Gasteiger partial charge >= 0.3 is 0 Å². The summed E-state index contributed by atoms with van der Waals surface area (Å²) < 4.78 is 1.73. The summed E-state index contributed by atoms with van der Waals surface area (Å²) in [6.45, 7) is 1.39. The van der Waals surface area contributed by atoms with Gasteiger partial charge < -0.3 is 4.90 Å². The van der Waals surface area contributed by atoms with Gasteiger partial charge in [-0.25, -0.2) is 0 Å². The van der Waals surface area contributed by atoms with Gasteiger partial charge in [0.1, 0.15) is 0 Å². The number of piperidine rings is 1. The van der Waals surface area contributed by atoms with Crippen LogP contribution in [0.2, 0.25) is 5.02 Å². The number of rotatable bonds is 4. The van der Waals surface area contributed by atoms with Crippen LogP contribution in [0.4, 0.5) is 0 Å². The molecular formula is C26H24ClN5O. The van der Waals surface area contributed by atoms with Crippen LogP contribution in [0.15, 0.2) is 73.2 Å². The number of pyridine rings is 2. The Morgan fingerprint density at radius 1 is 1.06 bits per heavy atom. The second-order valence-electron chi connectivity index (χ2n) is 8.38. The predicted molar refractivity (Wildman–Crippen MR) is 129 cm³/mol. The van der Waals surface area contributed by atoms with Gasteiger partial charge in [-0.1, -0.05) is 29.8 Å². The van der Waals surface area contributed by atoms with Crippen LogP contribution >= 0.6 is 11.6 Å². The second-order valence-corrected chi connectivity index (χ2v) is 8.82. The lowest BCUT2D eigenvalue weighted by Gasteiger charge is -2.32. The third-order valence-electron chi connectivity index (χ3n) is 6.03. The highest BCUT2D eigenvalue weighted by Crippen LogP contribution is 2.29. The van der Waals surface area contributed by atoms with E-state index in [1.165, 1.54) is 0 Å². The molecule has 0 aliphatic carbocycles. The fourth-order valence-electron chi connectivity index (χ4n) is 4.35. The highest BCUT2D eigenvalue weighted by molar-refractivity contribution is 6.30. The number of benzene rings is 1. The number of halogens is 1. The maximum absolute atomic E-state index is 13.3. The number of carbonyl (C=O) groups excluding carboxylic acids is 1. The Morgan fingerprint density at radius 2 is 1.94 bits per heavy atom. The number of aromatic nitrogens is 4. The highest BCUT2D eigenvalue weighted by Gasteiger charge is 2.27. The molecule has 0 N–H and O–H groups in total. The van der Waals surface area contributed by atoms with E-state index in [-0.39, 0.29) is 11.8 Å². The summed E-state index contributed by atoms with van der Waals surface area (Å²) in [5, 5.41) is 4.89. The number of nitrogens with zero attached hydrogens (tertiary/aromatic N) is 5. The number of hydrogen-bond acceptors (Lipinski definition) is 4. The van der Waals surface area contributed by atoms with Crippen molar-refractivity contribution in [3.63, 3.8) is 0 Å². The minimum atomic E-state index is 0.0261. The van der Waals surface area contributed by atoms with E-state index in [2.05, 4.69) is 16.1 Å². The fraction of sp³-hybridized carbons (Fsp3) is 0.231. The first-order chi connectivity index (χ1) is 16.1. The molecule has 1 saturated heterocycles. The molecule has 0 saturated carbocycles. The summed E-state index contributed by atoms with van der Waals surface area (Å²) >= 11 is 6.17. The number of aryl methyl sites for hydroxylation is 1.